The van der Waals surface area contributed by atoms with E-state index in [4.69, 9.17) is 21.0 Å². The zero-order chi connectivity index (χ0) is 25.0. The van der Waals surface area contributed by atoms with E-state index in [2.05, 4.69) is 94.5 Å². The monoisotopic (exact) mass is 527 g/mol. The van der Waals surface area contributed by atoms with Gasteiger partial charge in [-0.25, -0.2) is 0 Å². The number of rotatable bonds is 1. The van der Waals surface area contributed by atoms with Gasteiger partial charge in [0.25, 0.3) is 0 Å². The first-order valence-electron chi connectivity index (χ1n) is 12.7. The molecule has 0 saturated heterocycles. The van der Waals surface area contributed by atoms with Crippen molar-refractivity contribution in [3.8, 4) is 5.82 Å². The Hall–Kier alpha value is -4.19. The van der Waals surface area contributed by atoms with E-state index in [-0.39, 0.29) is 5.28 Å². The molecule has 0 amide bonds. The zero-order valence-corrected chi connectivity index (χ0v) is 21.6. The highest BCUT2D eigenvalue weighted by molar-refractivity contribution is 7.27. The summed E-state index contributed by atoms with van der Waals surface area (Å²) in [6.45, 7) is 0. The average Bonchev–Trinajstić information content (AvgIpc) is 3.62. The number of halogens is 1. The standard InChI is InChI=1S/C32H18ClN3OS/c33-32-34-30(27-20-12-4-7-15-23(20)37-31(27)35-32)36-22-14-6-3-11-19(22)26-28(36)18-10-2-1-9-17(18)25-21-13-5-8-16-24(21)38-29(25)26/h1-6,8-14,16H,7,15H2. The number of hydrogen-bond acceptors (Lipinski definition) is 4. The predicted octanol–water partition coefficient (Wildman–Crippen LogP) is 9.45. The normalized spacial score (nSPS) is 13.6. The summed E-state index contributed by atoms with van der Waals surface area (Å²) >= 11 is 8.42. The number of nitrogens with zero attached hydrogens (tertiary/aromatic N) is 3. The number of allylic oxidation sites excluding steroid dienone is 1. The Kier molecular flexibility index (Phi) is 4.08. The molecular weight excluding hydrogens is 510 g/mol. The number of furan rings is 1. The van der Waals surface area contributed by atoms with Crippen molar-refractivity contribution < 1.29 is 4.42 Å². The van der Waals surface area contributed by atoms with Crippen LogP contribution in [0.1, 0.15) is 17.7 Å². The zero-order valence-electron chi connectivity index (χ0n) is 20.0. The van der Waals surface area contributed by atoms with E-state index in [9.17, 15) is 0 Å². The maximum absolute atomic E-state index is 6.56. The van der Waals surface area contributed by atoms with E-state index in [1.165, 1.54) is 41.7 Å². The number of fused-ring (bicyclic) bond motifs is 13. The summed E-state index contributed by atoms with van der Waals surface area (Å²) in [6, 6.07) is 26.0. The molecule has 0 spiro atoms. The summed E-state index contributed by atoms with van der Waals surface area (Å²) in [4.78, 5) is 9.38. The molecule has 6 heteroatoms. The quantitative estimate of drug-likeness (QED) is 0.200. The lowest BCUT2D eigenvalue weighted by Crippen LogP contribution is -2.01. The van der Waals surface area contributed by atoms with Crippen LogP contribution in [0.4, 0.5) is 0 Å². The third kappa shape index (κ3) is 2.60. The van der Waals surface area contributed by atoms with Crippen LogP contribution >= 0.6 is 22.9 Å². The van der Waals surface area contributed by atoms with Crippen LogP contribution in [0.2, 0.25) is 5.28 Å². The second-order valence-corrected chi connectivity index (χ2v) is 11.2. The van der Waals surface area contributed by atoms with Gasteiger partial charge < -0.3 is 4.42 Å². The van der Waals surface area contributed by atoms with Gasteiger partial charge in [-0.2, -0.15) is 9.97 Å². The Morgan fingerprint density at radius 1 is 0.789 bits per heavy atom. The Labute approximate surface area is 225 Å². The smallest absolute Gasteiger partial charge is 0.233 e. The third-order valence-electron chi connectivity index (χ3n) is 7.80. The Balaban J connectivity index is 1.59. The van der Waals surface area contributed by atoms with Crippen LogP contribution in [0.15, 0.2) is 83.3 Å². The van der Waals surface area contributed by atoms with Crippen molar-refractivity contribution in [1.82, 2.24) is 14.5 Å². The van der Waals surface area contributed by atoms with E-state index in [0.29, 0.717) is 5.71 Å². The first kappa shape index (κ1) is 20.8. The summed E-state index contributed by atoms with van der Waals surface area (Å²) in [7, 11) is 0. The van der Waals surface area contributed by atoms with Crippen LogP contribution in [-0.4, -0.2) is 14.5 Å². The van der Waals surface area contributed by atoms with Gasteiger partial charge in [-0.3, -0.25) is 4.57 Å². The number of para-hydroxylation sites is 1. The topological polar surface area (TPSA) is 43.9 Å². The van der Waals surface area contributed by atoms with E-state index in [1.54, 1.807) is 0 Å². The molecule has 0 N–H and O–H groups in total. The first-order chi connectivity index (χ1) is 18.8. The lowest BCUT2D eigenvalue weighted by molar-refractivity contribution is 0.536. The Bertz CT molecular complexity index is 2320. The molecule has 8 aromatic rings. The van der Waals surface area contributed by atoms with Crippen LogP contribution in [0, 0.1) is 0 Å². The fourth-order valence-electron chi connectivity index (χ4n) is 6.30. The van der Waals surface area contributed by atoms with Crippen LogP contribution in [0.5, 0.6) is 0 Å². The molecule has 180 valence electrons. The highest BCUT2D eigenvalue weighted by atomic mass is 35.5. The van der Waals surface area contributed by atoms with Gasteiger partial charge in [-0.1, -0.05) is 72.8 Å². The third-order valence-corrected chi connectivity index (χ3v) is 9.16. The van der Waals surface area contributed by atoms with Crippen molar-refractivity contribution in [3.05, 3.63) is 95.5 Å². The van der Waals surface area contributed by atoms with Crippen LogP contribution in [0.25, 0.3) is 75.7 Å². The van der Waals surface area contributed by atoms with E-state index in [1.807, 2.05) is 11.3 Å². The molecule has 4 aromatic carbocycles. The molecule has 0 unspecified atom stereocenters. The number of aromatic nitrogens is 3. The summed E-state index contributed by atoms with van der Waals surface area (Å²) in [6.07, 6.45) is 6.13. The molecule has 0 saturated carbocycles. The molecule has 4 aromatic heterocycles. The number of thiophene rings is 1. The predicted molar refractivity (Wildman–Crippen MR) is 159 cm³/mol. The van der Waals surface area contributed by atoms with Crippen LogP contribution in [-0.2, 0) is 6.42 Å². The van der Waals surface area contributed by atoms with Gasteiger partial charge in [0.1, 0.15) is 5.76 Å². The van der Waals surface area contributed by atoms with Crippen molar-refractivity contribution in [3.63, 3.8) is 0 Å². The van der Waals surface area contributed by atoms with Gasteiger partial charge in [-0.05, 0) is 35.5 Å². The van der Waals surface area contributed by atoms with Crippen molar-refractivity contribution in [2.24, 2.45) is 0 Å². The molecule has 0 atom stereocenters. The van der Waals surface area contributed by atoms with Gasteiger partial charge in [0, 0.05) is 48.3 Å². The van der Waals surface area contributed by atoms with Gasteiger partial charge in [0.2, 0.25) is 11.0 Å². The maximum atomic E-state index is 6.56. The van der Waals surface area contributed by atoms with E-state index < -0.39 is 0 Å². The minimum Gasteiger partial charge on any atom is -0.442 e. The summed E-state index contributed by atoms with van der Waals surface area (Å²) < 4.78 is 11.1. The molecule has 4 nitrogen and oxygen atoms in total. The molecule has 0 bridgehead atoms. The molecule has 4 heterocycles. The van der Waals surface area contributed by atoms with Crippen molar-refractivity contribution in [2.75, 3.05) is 0 Å². The van der Waals surface area contributed by atoms with Crippen molar-refractivity contribution in [2.45, 2.75) is 12.8 Å². The summed E-state index contributed by atoms with van der Waals surface area (Å²) in [5.41, 5.74) is 3.81. The van der Waals surface area contributed by atoms with Crippen LogP contribution in [0.3, 0.4) is 0 Å². The van der Waals surface area contributed by atoms with Gasteiger partial charge >= 0.3 is 0 Å². The molecule has 0 aliphatic heterocycles. The molecule has 1 aliphatic carbocycles. The fourth-order valence-corrected chi connectivity index (χ4v) is 7.74. The van der Waals surface area contributed by atoms with Gasteiger partial charge in [0.05, 0.1) is 16.4 Å². The summed E-state index contributed by atoms with van der Waals surface area (Å²) in [5, 5.41) is 8.55. The fraction of sp³-hybridized carbons (Fsp3) is 0.0625. The molecular formula is C32H18ClN3OS. The van der Waals surface area contributed by atoms with Crippen molar-refractivity contribution >= 4 is 92.9 Å². The minimum absolute atomic E-state index is 0.181. The molecule has 0 fully saturated rings. The molecule has 38 heavy (non-hydrogen) atoms. The molecule has 9 rings (SSSR count). The highest BCUT2D eigenvalue weighted by Crippen LogP contribution is 2.48. The molecule has 0 radical (unpaired) electrons. The second kappa shape index (κ2) is 7.44. The lowest BCUT2D eigenvalue weighted by Gasteiger charge is -2.12. The Morgan fingerprint density at radius 3 is 2.45 bits per heavy atom. The summed E-state index contributed by atoms with van der Waals surface area (Å²) in [5.74, 6) is 1.70. The second-order valence-electron chi connectivity index (χ2n) is 9.80. The SMILES string of the molecule is Clc1nc(-n2c3ccccc3c3c4sc5ccccc5c4c4ccccc4c32)c2c3c(oc2n1)CCC=C3. The van der Waals surface area contributed by atoms with Crippen molar-refractivity contribution in [1.29, 1.82) is 0 Å². The lowest BCUT2D eigenvalue weighted by atomic mass is 9.99. The van der Waals surface area contributed by atoms with E-state index >= 15 is 0 Å². The highest BCUT2D eigenvalue weighted by Gasteiger charge is 2.26. The minimum atomic E-state index is 0.181. The molecule has 1 aliphatic rings. The number of aryl methyl sites for hydroxylation is 1. The van der Waals surface area contributed by atoms with Gasteiger partial charge in [-0.15, -0.1) is 11.3 Å². The first-order valence-corrected chi connectivity index (χ1v) is 13.9. The van der Waals surface area contributed by atoms with Crippen LogP contribution < -0.4 is 0 Å². The van der Waals surface area contributed by atoms with Gasteiger partial charge in [0.15, 0.2) is 5.82 Å². The Morgan fingerprint density at radius 2 is 1.55 bits per heavy atom. The largest absolute Gasteiger partial charge is 0.442 e. The van der Waals surface area contributed by atoms with E-state index in [0.717, 1.165) is 46.4 Å². The number of benzene rings is 4. The number of hydrogen-bond donors (Lipinski definition) is 0. The maximum Gasteiger partial charge on any atom is 0.233 e. The average molecular weight is 528 g/mol.